The molecule has 7 nitrogen and oxygen atoms in total. The molecule has 0 aromatic heterocycles. The molecule has 0 atom stereocenters. The summed E-state index contributed by atoms with van der Waals surface area (Å²) in [5, 5.41) is 2.88. The first-order chi connectivity index (χ1) is 15.6. The van der Waals surface area contributed by atoms with Crippen molar-refractivity contribution < 1.29 is 23.9 Å². The molecule has 2 aliphatic heterocycles. The smallest absolute Gasteiger partial charge is 0.253 e. The maximum absolute atomic E-state index is 13.0. The number of amides is 2. The van der Waals surface area contributed by atoms with Crippen molar-refractivity contribution in [2.24, 2.45) is 11.8 Å². The Morgan fingerprint density at radius 2 is 1.44 bits per heavy atom. The van der Waals surface area contributed by atoms with Gasteiger partial charge in [-0.1, -0.05) is 0 Å². The van der Waals surface area contributed by atoms with E-state index in [0.717, 1.165) is 12.8 Å². The molecule has 2 fully saturated rings. The van der Waals surface area contributed by atoms with E-state index in [1.165, 1.54) is 0 Å². The third kappa shape index (κ3) is 4.33. The van der Waals surface area contributed by atoms with Gasteiger partial charge in [-0.15, -0.1) is 0 Å². The van der Waals surface area contributed by atoms with E-state index in [1.54, 1.807) is 47.4 Å². The summed E-state index contributed by atoms with van der Waals surface area (Å²) in [6.07, 6.45) is 3.17. The standard InChI is InChI=1S/C25H26N2O5/c28-23(19-5-8-21-22(15-19)32-14-13-31-21)16-9-11-27(12-10-16)25(30)18-3-6-20(7-4-18)26-24(29)17-1-2-17/h3-8,15-17H,1-2,9-14H2,(H,26,29). The highest BCUT2D eigenvalue weighted by atomic mass is 16.6. The third-order valence-corrected chi connectivity index (χ3v) is 6.33. The van der Waals surface area contributed by atoms with E-state index < -0.39 is 0 Å². The van der Waals surface area contributed by atoms with Crippen LogP contribution in [0.5, 0.6) is 11.5 Å². The summed E-state index contributed by atoms with van der Waals surface area (Å²) in [5.74, 6) is 1.41. The quantitative estimate of drug-likeness (QED) is 0.728. The number of rotatable bonds is 5. The molecule has 0 radical (unpaired) electrons. The lowest BCUT2D eigenvalue weighted by Gasteiger charge is -2.31. The van der Waals surface area contributed by atoms with Crippen LogP contribution >= 0.6 is 0 Å². The van der Waals surface area contributed by atoms with Crippen LogP contribution in [-0.2, 0) is 4.79 Å². The van der Waals surface area contributed by atoms with Gasteiger partial charge in [0.25, 0.3) is 5.91 Å². The highest BCUT2D eigenvalue weighted by molar-refractivity contribution is 5.99. The fourth-order valence-corrected chi connectivity index (χ4v) is 4.25. The molecule has 2 heterocycles. The largest absolute Gasteiger partial charge is 0.486 e. The lowest BCUT2D eigenvalue weighted by Crippen LogP contribution is -2.40. The topological polar surface area (TPSA) is 84.9 Å². The zero-order valence-corrected chi connectivity index (χ0v) is 17.8. The van der Waals surface area contributed by atoms with Gasteiger partial charge in [0.2, 0.25) is 5.91 Å². The molecule has 2 aromatic carbocycles. The van der Waals surface area contributed by atoms with Crippen LogP contribution in [0.2, 0.25) is 0 Å². The Morgan fingerprint density at radius 1 is 0.781 bits per heavy atom. The van der Waals surface area contributed by atoms with Crippen LogP contribution in [-0.4, -0.2) is 48.8 Å². The molecule has 0 spiro atoms. The van der Waals surface area contributed by atoms with Crippen LogP contribution in [0.3, 0.4) is 0 Å². The summed E-state index contributed by atoms with van der Waals surface area (Å²) in [6, 6.07) is 12.4. The number of hydrogen-bond acceptors (Lipinski definition) is 5. The number of piperidine rings is 1. The minimum atomic E-state index is -0.110. The summed E-state index contributed by atoms with van der Waals surface area (Å²) < 4.78 is 11.1. The van der Waals surface area contributed by atoms with Crippen LogP contribution < -0.4 is 14.8 Å². The first-order valence-electron chi connectivity index (χ1n) is 11.2. The van der Waals surface area contributed by atoms with Gasteiger partial charge in [0.05, 0.1) is 0 Å². The van der Waals surface area contributed by atoms with Gasteiger partial charge in [-0.3, -0.25) is 14.4 Å². The Hall–Kier alpha value is -3.35. The Labute approximate surface area is 186 Å². The van der Waals surface area contributed by atoms with Gasteiger partial charge in [-0.2, -0.15) is 0 Å². The summed E-state index contributed by atoms with van der Waals surface area (Å²) in [5.41, 5.74) is 1.93. The summed E-state index contributed by atoms with van der Waals surface area (Å²) in [7, 11) is 0. The van der Waals surface area contributed by atoms with Crippen LogP contribution in [0.4, 0.5) is 5.69 Å². The van der Waals surface area contributed by atoms with Crippen molar-refractivity contribution in [1.82, 2.24) is 4.90 Å². The molecule has 166 valence electrons. The molecule has 1 aliphatic carbocycles. The van der Waals surface area contributed by atoms with Crippen molar-refractivity contribution in [2.75, 3.05) is 31.6 Å². The lowest BCUT2D eigenvalue weighted by atomic mass is 9.88. The zero-order chi connectivity index (χ0) is 22.1. The lowest BCUT2D eigenvalue weighted by molar-refractivity contribution is -0.117. The molecule has 0 bridgehead atoms. The number of hydrogen-bond donors (Lipinski definition) is 1. The average molecular weight is 434 g/mol. The highest BCUT2D eigenvalue weighted by Gasteiger charge is 2.30. The van der Waals surface area contributed by atoms with E-state index in [1.807, 2.05) is 0 Å². The van der Waals surface area contributed by atoms with E-state index in [4.69, 9.17) is 9.47 Å². The van der Waals surface area contributed by atoms with Gasteiger partial charge in [0.1, 0.15) is 13.2 Å². The molecule has 32 heavy (non-hydrogen) atoms. The van der Waals surface area contributed by atoms with Crippen LogP contribution in [0.1, 0.15) is 46.4 Å². The van der Waals surface area contributed by atoms with E-state index in [0.29, 0.717) is 67.5 Å². The first kappa shape index (κ1) is 20.5. The second-order valence-electron chi connectivity index (χ2n) is 8.63. The second-order valence-corrected chi connectivity index (χ2v) is 8.63. The number of nitrogens with one attached hydrogen (secondary N) is 1. The molecule has 1 saturated carbocycles. The monoisotopic (exact) mass is 434 g/mol. The number of fused-ring (bicyclic) bond motifs is 1. The normalized spacial score (nSPS) is 18.2. The van der Waals surface area contributed by atoms with Crippen molar-refractivity contribution in [3.05, 3.63) is 53.6 Å². The minimum absolute atomic E-state index is 0.0460. The maximum Gasteiger partial charge on any atom is 0.253 e. The summed E-state index contributed by atoms with van der Waals surface area (Å²) in [6.45, 7) is 2.09. The number of Topliss-reactive ketones (excluding diaryl/α,β-unsaturated/α-hetero) is 1. The van der Waals surface area contributed by atoms with Crippen molar-refractivity contribution in [3.8, 4) is 11.5 Å². The molecular formula is C25H26N2O5. The predicted molar refractivity (Wildman–Crippen MR) is 118 cm³/mol. The van der Waals surface area contributed by atoms with Gasteiger partial charge >= 0.3 is 0 Å². The molecule has 5 rings (SSSR count). The van der Waals surface area contributed by atoms with Crippen LogP contribution in [0.25, 0.3) is 0 Å². The number of carbonyl (C=O) groups is 3. The van der Waals surface area contributed by atoms with Gasteiger partial charge in [0.15, 0.2) is 17.3 Å². The Kier molecular flexibility index (Phi) is 5.55. The molecule has 2 aromatic rings. The van der Waals surface area contributed by atoms with Crippen molar-refractivity contribution in [3.63, 3.8) is 0 Å². The summed E-state index contributed by atoms with van der Waals surface area (Å²) >= 11 is 0. The van der Waals surface area contributed by atoms with Crippen LogP contribution in [0, 0.1) is 11.8 Å². The first-order valence-corrected chi connectivity index (χ1v) is 11.2. The van der Waals surface area contributed by atoms with Gasteiger partial charge in [-0.25, -0.2) is 0 Å². The fourth-order valence-electron chi connectivity index (χ4n) is 4.25. The number of nitrogens with zero attached hydrogens (tertiary/aromatic N) is 1. The number of carbonyl (C=O) groups excluding carboxylic acids is 3. The van der Waals surface area contributed by atoms with E-state index >= 15 is 0 Å². The average Bonchev–Trinajstić information content (AvgIpc) is 3.69. The number of ketones is 1. The number of benzene rings is 2. The maximum atomic E-state index is 13.0. The number of ether oxygens (including phenoxy) is 2. The third-order valence-electron chi connectivity index (χ3n) is 6.33. The minimum Gasteiger partial charge on any atom is -0.486 e. The highest BCUT2D eigenvalue weighted by Crippen LogP contribution is 2.33. The summed E-state index contributed by atoms with van der Waals surface area (Å²) in [4.78, 5) is 39.5. The van der Waals surface area contributed by atoms with Crippen molar-refractivity contribution >= 4 is 23.3 Å². The molecule has 0 unspecified atom stereocenters. The predicted octanol–water partition coefficient (Wildman–Crippen LogP) is 3.54. The molecule has 7 heteroatoms. The van der Waals surface area contributed by atoms with E-state index in [2.05, 4.69) is 5.32 Å². The van der Waals surface area contributed by atoms with E-state index in [-0.39, 0.29) is 29.4 Å². The Bertz CT molecular complexity index is 1040. The van der Waals surface area contributed by atoms with Crippen LogP contribution in [0.15, 0.2) is 42.5 Å². The number of likely N-dealkylation sites (tertiary alicyclic amines) is 1. The van der Waals surface area contributed by atoms with Gasteiger partial charge in [-0.05, 0) is 68.1 Å². The second kappa shape index (κ2) is 8.65. The molecule has 2 amide bonds. The SMILES string of the molecule is O=C(Nc1ccc(C(=O)N2CCC(C(=O)c3ccc4c(c3)OCCO4)CC2)cc1)C1CC1. The molecule has 1 N–H and O–H groups in total. The zero-order valence-electron chi connectivity index (χ0n) is 17.8. The van der Waals surface area contributed by atoms with E-state index in [9.17, 15) is 14.4 Å². The van der Waals surface area contributed by atoms with Gasteiger partial charge < -0.3 is 19.7 Å². The molecule has 3 aliphatic rings. The fraction of sp³-hybridized carbons (Fsp3) is 0.400. The number of anilines is 1. The Morgan fingerprint density at radius 3 is 2.12 bits per heavy atom. The van der Waals surface area contributed by atoms with Crippen molar-refractivity contribution in [1.29, 1.82) is 0 Å². The molecule has 1 saturated heterocycles. The Balaban J connectivity index is 1.16. The van der Waals surface area contributed by atoms with Crippen molar-refractivity contribution in [2.45, 2.75) is 25.7 Å². The molecular weight excluding hydrogens is 408 g/mol. The van der Waals surface area contributed by atoms with Gasteiger partial charge in [0, 0.05) is 41.7 Å².